The molecule has 0 amide bonds. The van der Waals surface area contributed by atoms with E-state index >= 15 is 0 Å². The predicted octanol–water partition coefficient (Wildman–Crippen LogP) is 5.97. The molecule has 0 N–H and O–H groups in total. The van der Waals surface area contributed by atoms with Crippen LogP contribution in [0.3, 0.4) is 0 Å². The van der Waals surface area contributed by atoms with Crippen LogP contribution in [0.25, 0.3) is 11.6 Å². The molecule has 0 spiro atoms. The molecular formula is C20H22. The maximum atomic E-state index is 2.34. The first-order valence-corrected chi connectivity index (χ1v) is 7.36. The standard InChI is InChI=1S/C20H22/c1-2-11-19(20-15-7-4-8-16-20)17-10-9-14-18-12-5-3-6-13-18/h3-9,11-16H,2,10,17H2,1H3/b14-9+,19-11-. The highest BCUT2D eigenvalue weighted by atomic mass is 14.0. The van der Waals surface area contributed by atoms with Crippen LogP contribution >= 0.6 is 0 Å². The van der Waals surface area contributed by atoms with Crippen LogP contribution in [0.1, 0.15) is 37.3 Å². The lowest BCUT2D eigenvalue weighted by atomic mass is 10.00. The van der Waals surface area contributed by atoms with E-state index in [0.29, 0.717) is 0 Å². The molecule has 0 heterocycles. The second-order valence-electron chi connectivity index (χ2n) is 4.86. The molecule has 0 saturated carbocycles. The quantitative estimate of drug-likeness (QED) is 0.601. The Labute approximate surface area is 122 Å². The third-order valence-corrected chi connectivity index (χ3v) is 3.29. The Kier molecular flexibility index (Phi) is 5.85. The molecule has 20 heavy (non-hydrogen) atoms. The summed E-state index contributed by atoms with van der Waals surface area (Å²) in [5.74, 6) is 0. The Morgan fingerprint density at radius 2 is 1.55 bits per heavy atom. The largest absolute Gasteiger partial charge is 0.0836 e. The van der Waals surface area contributed by atoms with Gasteiger partial charge in [-0.2, -0.15) is 0 Å². The minimum Gasteiger partial charge on any atom is -0.0836 e. The molecule has 2 aromatic rings. The molecule has 2 aromatic carbocycles. The molecule has 0 unspecified atom stereocenters. The van der Waals surface area contributed by atoms with Crippen molar-refractivity contribution in [2.45, 2.75) is 26.2 Å². The van der Waals surface area contributed by atoms with E-state index < -0.39 is 0 Å². The van der Waals surface area contributed by atoms with Crippen LogP contribution in [0.2, 0.25) is 0 Å². The van der Waals surface area contributed by atoms with Gasteiger partial charge in [-0.05, 0) is 36.0 Å². The fraction of sp³-hybridized carbons (Fsp3) is 0.200. The lowest BCUT2D eigenvalue weighted by Gasteiger charge is -2.06. The van der Waals surface area contributed by atoms with E-state index in [1.54, 1.807) is 0 Å². The summed E-state index contributed by atoms with van der Waals surface area (Å²) in [5, 5.41) is 0. The number of hydrogen-bond acceptors (Lipinski definition) is 0. The summed E-state index contributed by atoms with van der Waals surface area (Å²) in [5.41, 5.74) is 4.07. The summed E-state index contributed by atoms with van der Waals surface area (Å²) in [6, 6.07) is 21.2. The van der Waals surface area contributed by atoms with Gasteiger partial charge in [-0.3, -0.25) is 0 Å². The second kappa shape index (κ2) is 8.16. The highest BCUT2D eigenvalue weighted by Crippen LogP contribution is 2.20. The van der Waals surface area contributed by atoms with Crippen LogP contribution in [-0.2, 0) is 0 Å². The second-order valence-corrected chi connectivity index (χ2v) is 4.86. The van der Waals surface area contributed by atoms with Crippen molar-refractivity contribution < 1.29 is 0 Å². The number of rotatable bonds is 6. The van der Waals surface area contributed by atoms with Gasteiger partial charge in [0.15, 0.2) is 0 Å². The molecule has 0 aliphatic carbocycles. The highest BCUT2D eigenvalue weighted by Gasteiger charge is 1.98. The van der Waals surface area contributed by atoms with Gasteiger partial charge in [0.25, 0.3) is 0 Å². The van der Waals surface area contributed by atoms with Crippen molar-refractivity contribution in [3.8, 4) is 0 Å². The Hall–Kier alpha value is -2.08. The Morgan fingerprint density at radius 1 is 0.900 bits per heavy atom. The Balaban J connectivity index is 1.94. The Morgan fingerprint density at radius 3 is 2.20 bits per heavy atom. The highest BCUT2D eigenvalue weighted by molar-refractivity contribution is 5.65. The molecular weight excluding hydrogens is 240 g/mol. The maximum Gasteiger partial charge on any atom is -0.0228 e. The first-order valence-electron chi connectivity index (χ1n) is 7.36. The van der Waals surface area contributed by atoms with E-state index in [1.807, 2.05) is 0 Å². The van der Waals surface area contributed by atoms with Crippen molar-refractivity contribution in [3.05, 3.63) is 83.9 Å². The summed E-state index contributed by atoms with van der Waals surface area (Å²) in [6.45, 7) is 2.20. The zero-order chi connectivity index (χ0) is 14.0. The van der Waals surface area contributed by atoms with E-state index in [4.69, 9.17) is 0 Å². The monoisotopic (exact) mass is 262 g/mol. The van der Waals surface area contributed by atoms with E-state index in [1.165, 1.54) is 16.7 Å². The van der Waals surface area contributed by atoms with Gasteiger partial charge in [0.05, 0.1) is 0 Å². The summed E-state index contributed by atoms with van der Waals surface area (Å²) >= 11 is 0. The zero-order valence-electron chi connectivity index (χ0n) is 12.1. The number of benzene rings is 2. The molecule has 0 aliphatic heterocycles. The maximum absolute atomic E-state index is 2.34. The van der Waals surface area contributed by atoms with Gasteiger partial charge in [-0.1, -0.05) is 85.8 Å². The third-order valence-electron chi connectivity index (χ3n) is 3.29. The lowest BCUT2D eigenvalue weighted by Crippen LogP contribution is -1.84. The van der Waals surface area contributed by atoms with Crippen molar-refractivity contribution in [2.24, 2.45) is 0 Å². The van der Waals surface area contributed by atoms with E-state index in [2.05, 4.69) is 85.8 Å². The molecule has 0 aliphatic rings. The predicted molar refractivity (Wildman–Crippen MR) is 89.4 cm³/mol. The van der Waals surface area contributed by atoms with Crippen LogP contribution in [0.15, 0.2) is 72.8 Å². The smallest absolute Gasteiger partial charge is 0.0228 e. The SMILES string of the molecule is CC/C=C(/CC/C=C/c1ccccc1)c1ccccc1. The van der Waals surface area contributed by atoms with Gasteiger partial charge < -0.3 is 0 Å². The molecule has 2 rings (SSSR count). The molecule has 0 bridgehead atoms. The van der Waals surface area contributed by atoms with Gasteiger partial charge in [-0.25, -0.2) is 0 Å². The van der Waals surface area contributed by atoms with Gasteiger partial charge in [-0.15, -0.1) is 0 Å². The summed E-state index contributed by atoms with van der Waals surface area (Å²) < 4.78 is 0. The number of allylic oxidation sites excluding steroid dienone is 3. The molecule has 0 atom stereocenters. The molecule has 102 valence electrons. The molecule has 0 aromatic heterocycles. The van der Waals surface area contributed by atoms with Crippen LogP contribution < -0.4 is 0 Å². The summed E-state index contributed by atoms with van der Waals surface area (Å²) in [6.07, 6.45) is 10.1. The molecule has 0 saturated heterocycles. The van der Waals surface area contributed by atoms with Gasteiger partial charge in [0, 0.05) is 0 Å². The van der Waals surface area contributed by atoms with Gasteiger partial charge >= 0.3 is 0 Å². The lowest BCUT2D eigenvalue weighted by molar-refractivity contribution is 1.06. The molecule has 0 nitrogen and oxygen atoms in total. The topological polar surface area (TPSA) is 0 Å². The van der Waals surface area contributed by atoms with Crippen LogP contribution in [-0.4, -0.2) is 0 Å². The minimum atomic E-state index is 1.08. The van der Waals surface area contributed by atoms with Gasteiger partial charge in [0.1, 0.15) is 0 Å². The molecule has 0 heteroatoms. The van der Waals surface area contributed by atoms with Gasteiger partial charge in [0.2, 0.25) is 0 Å². The van der Waals surface area contributed by atoms with Crippen LogP contribution in [0.5, 0.6) is 0 Å². The van der Waals surface area contributed by atoms with E-state index in [-0.39, 0.29) is 0 Å². The molecule has 0 radical (unpaired) electrons. The molecule has 0 fully saturated rings. The van der Waals surface area contributed by atoms with Crippen molar-refractivity contribution in [3.63, 3.8) is 0 Å². The first kappa shape index (κ1) is 14.3. The third kappa shape index (κ3) is 4.55. The average molecular weight is 262 g/mol. The van der Waals surface area contributed by atoms with Crippen molar-refractivity contribution in [1.29, 1.82) is 0 Å². The fourth-order valence-corrected chi connectivity index (χ4v) is 2.29. The van der Waals surface area contributed by atoms with Crippen molar-refractivity contribution in [1.82, 2.24) is 0 Å². The van der Waals surface area contributed by atoms with Crippen LogP contribution in [0.4, 0.5) is 0 Å². The normalized spacial score (nSPS) is 11.9. The van der Waals surface area contributed by atoms with Crippen LogP contribution in [0, 0.1) is 0 Å². The van der Waals surface area contributed by atoms with Crippen molar-refractivity contribution in [2.75, 3.05) is 0 Å². The summed E-state index contributed by atoms with van der Waals surface area (Å²) in [7, 11) is 0. The van der Waals surface area contributed by atoms with E-state index in [0.717, 1.165) is 19.3 Å². The minimum absolute atomic E-state index is 1.08. The summed E-state index contributed by atoms with van der Waals surface area (Å²) in [4.78, 5) is 0. The number of hydrogen-bond donors (Lipinski definition) is 0. The Bertz CT molecular complexity index is 547. The first-order chi connectivity index (χ1) is 9.90. The average Bonchev–Trinajstić information content (AvgIpc) is 2.52. The van der Waals surface area contributed by atoms with E-state index in [9.17, 15) is 0 Å². The zero-order valence-corrected chi connectivity index (χ0v) is 12.1. The fourth-order valence-electron chi connectivity index (χ4n) is 2.29. The van der Waals surface area contributed by atoms with Crippen molar-refractivity contribution >= 4 is 11.6 Å².